The first kappa shape index (κ1) is 31.8. The number of aromatic amines is 1. The van der Waals surface area contributed by atoms with Crippen LogP contribution in [0.5, 0.6) is 0 Å². The molecule has 4 amide bonds. The van der Waals surface area contributed by atoms with Gasteiger partial charge in [0.2, 0.25) is 23.6 Å². The molecule has 0 spiro atoms. The maximum atomic E-state index is 13.2. The zero-order chi connectivity index (χ0) is 30.8. The number of carboxylic acids is 1. The predicted octanol–water partition coefficient (Wildman–Crippen LogP) is -0.534. The third-order valence-corrected chi connectivity index (χ3v) is 6.72. The van der Waals surface area contributed by atoms with E-state index in [4.69, 9.17) is 11.5 Å². The van der Waals surface area contributed by atoms with Gasteiger partial charge in [0.25, 0.3) is 0 Å². The van der Waals surface area contributed by atoms with Crippen molar-refractivity contribution >= 4 is 40.5 Å². The van der Waals surface area contributed by atoms with Crippen molar-refractivity contribution in [2.75, 3.05) is 0 Å². The lowest BCUT2D eigenvalue weighted by Crippen LogP contribution is -2.60. The third kappa shape index (κ3) is 8.88. The molecule has 0 saturated heterocycles. The van der Waals surface area contributed by atoms with Gasteiger partial charge in [-0.3, -0.25) is 19.2 Å². The molecule has 3 rings (SSSR count). The molecule has 0 radical (unpaired) electrons. The summed E-state index contributed by atoms with van der Waals surface area (Å²) in [7, 11) is 0. The van der Waals surface area contributed by atoms with Crippen LogP contribution < -0.4 is 27.4 Å². The molecule has 5 unspecified atom stereocenters. The Kier molecular flexibility index (Phi) is 11.2. The molecule has 3 aromatic rings. The summed E-state index contributed by atoms with van der Waals surface area (Å²) >= 11 is 0. The van der Waals surface area contributed by atoms with Crippen LogP contribution in [0, 0.1) is 0 Å². The molecule has 2 aromatic carbocycles. The molecule has 1 heterocycles. The number of rotatable bonds is 15. The average molecular weight is 581 g/mol. The van der Waals surface area contributed by atoms with E-state index in [1.54, 1.807) is 36.5 Å². The van der Waals surface area contributed by atoms with Gasteiger partial charge >= 0.3 is 5.97 Å². The molecule has 224 valence electrons. The van der Waals surface area contributed by atoms with Crippen LogP contribution >= 0.6 is 0 Å². The number of carbonyl (C=O) groups excluding carboxylic acids is 4. The first-order chi connectivity index (χ1) is 20.0. The number of para-hydroxylation sites is 1. The smallest absolute Gasteiger partial charge is 0.326 e. The summed E-state index contributed by atoms with van der Waals surface area (Å²) in [6.07, 6.45) is -0.0777. The molecular formula is C29H36N6O7. The number of nitrogens with two attached hydrogens (primary N) is 2. The summed E-state index contributed by atoms with van der Waals surface area (Å²) in [4.78, 5) is 65.5. The molecular weight excluding hydrogens is 544 g/mol. The lowest BCUT2D eigenvalue weighted by molar-refractivity contribution is -0.142. The van der Waals surface area contributed by atoms with E-state index in [-0.39, 0.29) is 25.7 Å². The molecule has 13 nitrogen and oxygen atoms in total. The SMILES string of the molecule is CC(O)C(NC(=O)C(N)Cc1c[nH]c2ccccc12)C(=O)NC(CCC(N)=O)C(=O)NC(Cc1ccccc1)C(=O)O. The number of aliphatic hydroxyl groups is 1. The van der Waals surface area contributed by atoms with E-state index in [1.807, 2.05) is 24.3 Å². The van der Waals surface area contributed by atoms with Crippen LogP contribution in [0.15, 0.2) is 60.8 Å². The molecule has 0 aliphatic heterocycles. The maximum absolute atomic E-state index is 13.2. The van der Waals surface area contributed by atoms with E-state index in [0.29, 0.717) is 5.56 Å². The number of carboxylic acid groups (broad SMARTS) is 1. The van der Waals surface area contributed by atoms with E-state index in [2.05, 4.69) is 20.9 Å². The van der Waals surface area contributed by atoms with Crippen LogP contribution in [0.4, 0.5) is 0 Å². The minimum absolute atomic E-state index is 0.0287. The summed E-state index contributed by atoms with van der Waals surface area (Å²) in [6.45, 7) is 1.27. The Morgan fingerprint density at radius 3 is 2.14 bits per heavy atom. The largest absolute Gasteiger partial charge is 0.480 e. The normalized spacial score (nSPS) is 14.6. The Balaban J connectivity index is 1.69. The Hall–Kier alpha value is -4.75. The molecule has 5 atom stereocenters. The molecule has 0 saturated carbocycles. The Morgan fingerprint density at radius 2 is 1.50 bits per heavy atom. The van der Waals surface area contributed by atoms with Crippen molar-refractivity contribution in [2.24, 2.45) is 11.5 Å². The molecule has 1 aromatic heterocycles. The van der Waals surface area contributed by atoms with E-state index < -0.39 is 59.9 Å². The first-order valence-electron chi connectivity index (χ1n) is 13.4. The number of H-pyrrole nitrogens is 1. The fraction of sp³-hybridized carbons (Fsp3) is 0.345. The number of amides is 4. The summed E-state index contributed by atoms with van der Waals surface area (Å²) in [5.74, 6) is -4.57. The maximum Gasteiger partial charge on any atom is 0.326 e. The number of carbonyl (C=O) groups is 5. The van der Waals surface area contributed by atoms with Crippen LogP contribution in [0.3, 0.4) is 0 Å². The van der Waals surface area contributed by atoms with Crippen molar-refractivity contribution in [3.05, 3.63) is 71.9 Å². The average Bonchev–Trinajstić information content (AvgIpc) is 3.36. The number of benzene rings is 2. The molecule has 13 heteroatoms. The quantitative estimate of drug-likeness (QED) is 0.116. The van der Waals surface area contributed by atoms with Crippen molar-refractivity contribution in [2.45, 2.75) is 62.9 Å². The molecule has 0 bridgehead atoms. The fourth-order valence-corrected chi connectivity index (χ4v) is 4.43. The highest BCUT2D eigenvalue weighted by atomic mass is 16.4. The van der Waals surface area contributed by atoms with Gasteiger partial charge in [-0.05, 0) is 37.0 Å². The molecule has 42 heavy (non-hydrogen) atoms. The lowest BCUT2D eigenvalue weighted by Gasteiger charge is -2.26. The molecule has 0 aliphatic carbocycles. The van der Waals surface area contributed by atoms with Gasteiger partial charge in [0.05, 0.1) is 12.1 Å². The fourth-order valence-electron chi connectivity index (χ4n) is 4.43. The Bertz CT molecular complexity index is 1410. The lowest BCUT2D eigenvalue weighted by atomic mass is 10.0. The first-order valence-corrected chi connectivity index (χ1v) is 13.4. The summed E-state index contributed by atoms with van der Waals surface area (Å²) < 4.78 is 0. The van der Waals surface area contributed by atoms with Gasteiger partial charge in [0.1, 0.15) is 18.1 Å². The number of aromatic nitrogens is 1. The van der Waals surface area contributed by atoms with Crippen LogP contribution in [-0.2, 0) is 36.8 Å². The van der Waals surface area contributed by atoms with Crippen LogP contribution in [0.25, 0.3) is 10.9 Å². The zero-order valence-corrected chi connectivity index (χ0v) is 23.1. The van der Waals surface area contributed by atoms with Crippen LogP contribution in [0.2, 0.25) is 0 Å². The van der Waals surface area contributed by atoms with Crippen molar-refractivity contribution in [3.8, 4) is 0 Å². The van der Waals surface area contributed by atoms with Gasteiger partial charge in [0, 0.05) is 29.9 Å². The Labute approximate surface area is 242 Å². The number of hydrogen-bond acceptors (Lipinski definition) is 7. The monoisotopic (exact) mass is 580 g/mol. The highest BCUT2D eigenvalue weighted by molar-refractivity contribution is 5.95. The number of fused-ring (bicyclic) bond motifs is 1. The zero-order valence-electron chi connectivity index (χ0n) is 23.1. The number of nitrogens with one attached hydrogen (secondary N) is 4. The number of hydrogen-bond donors (Lipinski definition) is 8. The topological polar surface area (TPSA) is 230 Å². The molecule has 10 N–H and O–H groups in total. The van der Waals surface area contributed by atoms with Crippen molar-refractivity contribution in [1.82, 2.24) is 20.9 Å². The van der Waals surface area contributed by atoms with Gasteiger partial charge in [-0.15, -0.1) is 0 Å². The minimum atomic E-state index is -1.50. The number of primary amides is 1. The summed E-state index contributed by atoms with van der Waals surface area (Å²) in [5, 5.41) is 28.0. The van der Waals surface area contributed by atoms with Crippen molar-refractivity contribution in [3.63, 3.8) is 0 Å². The van der Waals surface area contributed by atoms with E-state index in [9.17, 15) is 34.2 Å². The van der Waals surface area contributed by atoms with Crippen molar-refractivity contribution in [1.29, 1.82) is 0 Å². The second-order valence-corrected chi connectivity index (χ2v) is 10.1. The molecule has 0 fully saturated rings. The summed E-state index contributed by atoms with van der Waals surface area (Å²) in [6, 6.07) is 10.8. The third-order valence-electron chi connectivity index (χ3n) is 6.72. The number of aliphatic hydroxyl groups excluding tert-OH is 1. The van der Waals surface area contributed by atoms with Crippen LogP contribution in [-0.4, -0.2) is 75.1 Å². The van der Waals surface area contributed by atoms with Crippen molar-refractivity contribution < 1.29 is 34.2 Å². The van der Waals surface area contributed by atoms with E-state index >= 15 is 0 Å². The standard InChI is InChI=1S/C29H36N6O7/c1-16(36)25(35-26(38)20(30)14-18-15-32-21-10-6-5-9-19(18)21)28(40)33-22(11-12-24(31)37)27(39)34-23(29(41)42)13-17-7-3-2-4-8-17/h2-10,15-16,20,22-23,25,32,36H,11-14,30H2,1H3,(H2,31,37)(H,33,40)(H,34,39)(H,35,38)(H,41,42). The Morgan fingerprint density at radius 1 is 0.857 bits per heavy atom. The van der Waals surface area contributed by atoms with E-state index in [0.717, 1.165) is 16.5 Å². The van der Waals surface area contributed by atoms with E-state index in [1.165, 1.54) is 6.92 Å². The van der Waals surface area contributed by atoms with Gasteiger partial charge in [0.15, 0.2) is 0 Å². The summed E-state index contributed by atoms with van der Waals surface area (Å²) in [5.41, 5.74) is 13.7. The number of aliphatic carboxylic acids is 1. The highest BCUT2D eigenvalue weighted by Gasteiger charge is 2.32. The second kappa shape index (κ2) is 14.8. The van der Waals surface area contributed by atoms with Gasteiger partial charge in [-0.1, -0.05) is 48.5 Å². The van der Waals surface area contributed by atoms with Crippen LogP contribution in [0.1, 0.15) is 30.9 Å². The van der Waals surface area contributed by atoms with Gasteiger partial charge in [-0.25, -0.2) is 4.79 Å². The highest BCUT2D eigenvalue weighted by Crippen LogP contribution is 2.19. The molecule has 0 aliphatic rings. The van der Waals surface area contributed by atoms with Gasteiger partial charge in [-0.2, -0.15) is 0 Å². The minimum Gasteiger partial charge on any atom is -0.480 e. The second-order valence-electron chi connectivity index (χ2n) is 10.1. The predicted molar refractivity (Wildman–Crippen MR) is 154 cm³/mol. The van der Waals surface area contributed by atoms with Gasteiger partial charge < -0.3 is 42.6 Å².